The summed E-state index contributed by atoms with van der Waals surface area (Å²) in [5, 5.41) is 2.88. The Bertz CT molecular complexity index is 753. The Morgan fingerprint density at radius 1 is 1.29 bits per heavy atom. The molecule has 0 aliphatic carbocycles. The average Bonchev–Trinajstić information content (AvgIpc) is 2.43. The Hall–Kier alpha value is -1.86. The molecule has 0 bridgehead atoms. The molecule has 0 unspecified atom stereocenters. The van der Waals surface area contributed by atoms with E-state index in [2.05, 4.69) is 15.0 Å². The lowest BCUT2D eigenvalue weighted by atomic mass is 10.3. The first-order chi connectivity index (χ1) is 9.94. The summed E-state index contributed by atoms with van der Waals surface area (Å²) >= 11 is 5.63. The number of sulfonamides is 1. The molecular formula is C13H13ClFN3O2S. The SMILES string of the molecule is CCNc1cccnc1S(=O)(=O)Nc1ccc(Cl)cc1F. The van der Waals surface area contributed by atoms with Crippen molar-refractivity contribution in [1.29, 1.82) is 0 Å². The molecule has 2 rings (SSSR count). The molecule has 2 N–H and O–H groups in total. The molecule has 5 nitrogen and oxygen atoms in total. The van der Waals surface area contributed by atoms with Gasteiger partial charge in [-0.15, -0.1) is 0 Å². The highest BCUT2D eigenvalue weighted by molar-refractivity contribution is 7.92. The normalized spacial score (nSPS) is 11.2. The zero-order chi connectivity index (χ0) is 15.5. The van der Waals surface area contributed by atoms with E-state index in [1.54, 1.807) is 12.1 Å². The van der Waals surface area contributed by atoms with Gasteiger partial charge >= 0.3 is 0 Å². The maximum Gasteiger partial charge on any atom is 0.281 e. The molecule has 0 amide bonds. The van der Waals surface area contributed by atoms with Gasteiger partial charge in [-0.2, -0.15) is 8.42 Å². The number of halogens is 2. The number of benzene rings is 1. The van der Waals surface area contributed by atoms with Crippen molar-refractivity contribution in [1.82, 2.24) is 4.98 Å². The van der Waals surface area contributed by atoms with Crippen LogP contribution in [0.5, 0.6) is 0 Å². The second-order valence-electron chi connectivity index (χ2n) is 4.12. The first-order valence-electron chi connectivity index (χ1n) is 6.11. The molecule has 112 valence electrons. The largest absolute Gasteiger partial charge is 0.383 e. The third-order valence-electron chi connectivity index (χ3n) is 2.57. The third kappa shape index (κ3) is 3.62. The van der Waals surface area contributed by atoms with Gasteiger partial charge in [0.15, 0.2) is 5.03 Å². The molecule has 0 aliphatic rings. The first-order valence-corrected chi connectivity index (χ1v) is 7.97. The van der Waals surface area contributed by atoms with E-state index in [1.165, 1.54) is 18.3 Å². The fourth-order valence-corrected chi connectivity index (χ4v) is 3.04. The van der Waals surface area contributed by atoms with Gasteiger partial charge < -0.3 is 5.32 Å². The standard InChI is InChI=1S/C13H13ClFN3O2S/c1-2-16-12-4-3-7-17-13(12)21(19,20)18-11-6-5-9(14)8-10(11)15/h3-8,16,18H,2H2,1H3. The fraction of sp³-hybridized carbons (Fsp3) is 0.154. The summed E-state index contributed by atoms with van der Waals surface area (Å²) < 4.78 is 40.5. The predicted octanol–water partition coefficient (Wildman–Crippen LogP) is 3.11. The van der Waals surface area contributed by atoms with Crippen molar-refractivity contribution in [3.05, 3.63) is 47.4 Å². The molecule has 0 fully saturated rings. The van der Waals surface area contributed by atoms with Gasteiger partial charge in [-0.05, 0) is 37.3 Å². The van der Waals surface area contributed by atoms with Crippen molar-refractivity contribution >= 4 is 33.0 Å². The molecule has 2 aromatic rings. The van der Waals surface area contributed by atoms with Crippen LogP contribution in [0.3, 0.4) is 0 Å². The molecule has 21 heavy (non-hydrogen) atoms. The number of hydrogen-bond donors (Lipinski definition) is 2. The van der Waals surface area contributed by atoms with Crippen LogP contribution >= 0.6 is 11.6 Å². The Kier molecular flexibility index (Phi) is 4.64. The molecule has 0 radical (unpaired) electrons. The molecule has 1 heterocycles. The second-order valence-corrected chi connectivity index (χ2v) is 6.15. The van der Waals surface area contributed by atoms with Crippen LogP contribution < -0.4 is 10.0 Å². The van der Waals surface area contributed by atoms with Gasteiger partial charge in [-0.1, -0.05) is 11.6 Å². The zero-order valence-electron chi connectivity index (χ0n) is 11.1. The van der Waals surface area contributed by atoms with Crippen LogP contribution in [0.4, 0.5) is 15.8 Å². The number of hydrogen-bond acceptors (Lipinski definition) is 4. The maximum atomic E-state index is 13.7. The molecule has 1 aromatic heterocycles. The summed E-state index contributed by atoms with van der Waals surface area (Å²) in [5.74, 6) is -0.757. The summed E-state index contributed by atoms with van der Waals surface area (Å²) in [6.07, 6.45) is 1.35. The van der Waals surface area contributed by atoms with E-state index in [-0.39, 0.29) is 15.7 Å². The number of nitrogens with one attached hydrogen (secondary N) is 2. The quantitative estimate of drug-likeness (QED) is 0.884. The summed E-state index contributed by atoms with van der Waals surface area (Å²) in [7, 11) is -4.01. The van der Waals surface area contributed by atoms with Crippen LogP contribution in [0.2, 0.25) is 5.02 Å². The van der Waals surface area contributed by atoms with E-state index in [9.17, 15) is 12.8 Å². The minimum Gasteiger partial charge on any atom is -0.383 e. The average molecular weight is 330 g/mol. The van der Waals surface area contributed by atoms with Gasteiger partial charge in [0.2, 0.25) is 0 Å². The van der Waals surface area contributed by atoms with Crippen molar-refractivity contribution < 1.29 is 12.8 Å². The first kappa shape index (κ1) is 15.5. The molecule has 0 aliphatic heterocycles. The number of anilines is 2. The Labute approximate surface area is 127 Å². The zero-order valence-corrected chi connectivity index (χ0v) is 12.7. The predicted molar refractivity (Wildman–Crippen MR) is 80.6 cm³/mol. The number of aromatic nitrogens is 1. The van der Waals surface area contributed by atoms with Gasteiger partial charge in [0.1, 0.15) is 5.82 Å². The summed E-state index contributed by atoms with van der Waals surface area (Å²) in [6.45, 7) is 2.36. The van der Waals surface area contributed by atoms with Crippen LogP contribution in [0.25, 0.3) is 0 Å². The van der Waals surface area contributed by atoms with Crippen molar-refractivity contribution in [2.45, 2.75) is 11.9 Å². The lowest BCUT2D eigenvalue weighted by Gasteiger charge is -2.12. The van der Waals surface area contributed by atoms with Crippen molar-refractivity contribution in [3.63, 3.8) is 0 Å². The topological polar surface area (TPSA) is 71.1 Å². The molecule has 0 atom stereocenters. The van der Waals surface area contributed by atoms with Crippen LogP contribution in [0.15, 0.2) is 41.6 Å². The Balaban J connectivity index is 2.39. The van der Waals surface area contributed by atoms with E-state index in [1.807, 2.05) is 6.92 Å². The highest BCUT2D eigenvalue weighted by Crippen LogP contribution is 2.24. The van der Waals surface area contributed by atoms with E-state index in [0.717, 1.165) is 6.07 Å². The molecule has 0 saturated carbocycles. The third-order valence-corrected chi connectivity index (χ3v) is 4.13. The van der Waals surface area contributed by atoms with Crippen molar-refractivity contribution in [2.24, 2.45) is 0 Å². The van der Waals surface area contributed by atoms with Gasteiger partial charge in [0.05, 0.1) is 11.4 Å². The fourth-order valence-electron chi connectivity index (χ4n) is 1.70. The molecule has 1 aromatic carbocycles. The number of pyridine rings is 1. The van der Waals surface area contributed by atoms with E-state index >= 15 is 0 Å². The minimum absolute atomic E-state index is 0.182. The highest BCUT2D eigenvalue weighted by Gasteiger charge is 2.21. The summed E-state index contributed by atoms with van der Waals surface area (Å²) in [5.41, 5.74) is 0.161. The lowest BCUT2D eigenvalue weighted by Crippen LogP contribution is -2.17. The Morgan fingerprint density at radius 2 is 2.05 bits per heavy atom. The monoisotopic (exact) mass is 329 g/mol. The molecular weight excluding hydrogens is 317 g/mol. The molecule has 8 heteroatoms. The van der Waals surface area contributed by atoms with Crippen LogP contribution in [0.1, 0.15) is 6.92 Å². The van der Waals surface area contributed by atoms with Gasteiger partial charge in [0, 0.05) is 17.8 Å². The Morgan fingerprint density at radius 3 is 2.71 bits per heavy atom. The lowest BCUT2D eigenvalue weighted by molar-refractivity contribution is 0.595. The minimum atomic E-state index is -4.01. The van der Waals surface area contributed by atoms with Gasteiger partial charge in [-0.3, -0.25) is 4.72 Å². The number of rotatable bonds is 5. The molecule has 0 saturated heterocycles. The highest BCUT2D eigenvalue weighted by atomic mass is 35.5. The van der Waals surface area contributed by atoms with Gasteiger partial charge in [-0.25, -0.2) is 9.37 Å². The van der Waals surface area contributed by atoms with E-state index in [4.69, 9.17) is 11.6 Å². The van der Waals surface area contributed by atoms with Crippen molar-refractivity contribution in [2.75, 3.05) is 16.6 Å². The van der Waals surface area contributed by atoms with Crippen LogP contribution in [-0.2, 0) is 10.0 Å². The maximum absolute atomic E-state index is 13.7. The second kappa shape index (κ2) is 6.28. The van der Waals surface area contributed by atoms with Crippen molar-refractivity contribution in [3.8, 4) is 0 Å². The van der Waals surface area contributed by atoms with E-state index in [0.29, 0.717) is 12.2 Å². The van der Waals surface area contributed by atoms with Gasteiger partial charge in [0.25, 0.3) is 10.0 Å². The summed E-state index contributed by atoms with van der Waals surface area (Å²) in [4.78, 5) is 3.85. The van der Waals surface area contributed by atoms with E-state index < -0.39 is 15.8 Å². The van der Waals surface area contributed by atoms with Crippen LogP contribution in [-0.4, -0.2) is 19.9 Å². The van der Waals surface area contributed by atoms with Crippen LogP contribution in [0, 0.1) is 5.82 Å². The number of nitrogens with zero attached hydrogens (tertiary/aromatic N) is 1. The smallest absolute Gasteiger partial charge is 0.281 e. The summed E-state index contributed by atoms with van der Waals surface area (Å²) in [6, 6.07) is 6.88. The molecule has 0 spiro atoms.